The van der Waals surface area contributed by atoms with E-state index >= 15 is 0 Å². The van der Waals surface area contributed by atoms with E-state index in [-0.39, 0.29) is 6.61 Å². The fraction of sp³-hybridized carbons (Fsp3) is 0.100. The Morgan fingerprint density at radius 2 is 2.27 bits per heavy atom. The minimum atomic E-state index is -0.0193. The molecule has 1 aromatic carbocycles. The molecule has 1 aromatic heterocycles. The molecule has 2 aromatic rings. The summed E-state index contributed by atoms with van der Waals surface area (Å²) in [5, 5.41) is 8.94. The molecule has 0 amide bonds. The Kier molecular flexibility index (Phi) is 3.42. The second kappa shape index (κ2) is 4.63. The first-order chi connectivity index (χ1) is 7.20. The predicted octanol–water partition coefficient (Wildman–Crippen LogP) is 2.94. The van der Waals surface area contributed by atoms with Gasteiger partial charge in [-0.3, -0.25) is 0 Å². The maximum absolute atomic E-state index is 8.94. The molecule has 0 fully saturated rings. The Balaban J connectivity index is 2.48. The maximum Gasteiger partial charge on any atom is 0.138 e. The van der Waals surface area contributed by atoms with Crippen LogP contribution < -0.4 is 0 Å². The number of hydrogen-bond acceptors (Lipinski definition) is 2. The zero-order valence-corrected chi connectivity index (χ0v) is 11.4. The van der Waals surface area contributed by atoms with Crippen molar-refractivity contribution in [1.82, 2.24) is 9.97 Å². The molecule has 2 rings (SSSR count). The summed E-state index contributed by atoms with van der Waals surface area (Å²) in [6.07, 6.45) is 1.64. The second-order valence-corrected chi connectivity index (χ2v) is 5.14. The minimum absolute atomic E-state index is 0.0193. The maximum atomic E-state index is 8.94. The number of hydrogen-bond donors (Lipinski definition) is 2. The smallest absolute Gasteiger partial charge is 0.138 e. The highest BCUT2D eigenvalue weighted by Gasteiger charge is 2.07. The lowest BCUT2D eigenvalue weighted by molar-refractivity contribution is 0.277. The summed E-state index contributed by atoms with van der Waals surface area (Å²) in [7, 11) is 0. The largest absolute Gasteiger partial charge is 0.390 e. The third-order valence-electron chi connectivity index (χ3n) is 1.98. The van der Waals surface area contributed by atoms with Crippen LogP contribution in [0.15, 0.2) is 28.9 Å². The summed E-state index contributed by atoms with van der Waals surface area (Å²) in [6, 6.07) is 6.03. The van der Waals surface area contributed by atoms with Gasteiger partial charge in [-0.25, -0.2) is 4.98 Å². The number of aliphatic hydroxyl groups excluding tert-OH is 1. The van der Waals surface area contributed by atoms with Crippen LogP contribution in [0, 0.1) is 3.57 Å². The van der Waals surface area contributed by atoms with E-state index in [1.165, 1.54) is 0 Å². The molecule has 3 nitrogen and oxygen atoms in total. The number of halogens is 2. The third-order valence-corrected chi connectivity index (χ3v) is 3.34. The Labute approximate surface area is 109 Å². The number of rotatable bonds is 2. The number of aromatic nitrogens is 2. The van der Waals surface area contributed by atoms with Crippen molar-refractivity contribution in [3.05, 3.63) is 38.1 Å². The summed E-state index contributed by atoms with van der Waals surface area (Å²) < 4.78 is 2.13. The van der Waals surface area contributed by atoms with Crippen LogP contribution in [0.3, 0.4) is 0 Å². The molecular formula is C10H8BrIN2O. The molecule has 78 valence electrons. The molecule has 1 heterocycles. The van der Waals surface area contributed by atoms with Crippen molar-refractivity contribution in [2.75, 3.05) is 0 Å². The second-order valence-electron chi connectivity index (χ2n) is 3.04. The Hall–Kier alpha value is -0.400. The van der Waals surface area contributed by atoms with Crippen molar-refractivity contribution < 1.29 is 5.11 Å². The molecule has 0 saturated carbocycles. The van der Waals surface area contributed by atoms with E-state index in [2.05, 4.69) is 48.5 Å². The summed E-state index contributed by atoms with van der Waals surface area (Å²) in [5.41, 5.74) is 1.72. The van der Waals surface area contributed by atoms with Crippen LogP contribution in [0.1, 0.15) is 5.69 Å². The summed E-state index contributed by atoms with van der Waals surface area (Å²) in [4.78, 5) is 7.26. The minimum Gasteiger partial charge on any atom is -0.390 e. The molecule has 0 aliphatic heterocycles. The van der Waals surface area contributed by atoms with E-state index in [0.29, 0.717) is 0 Å². The summed E-state index contributed by atoms with van der Waals surface area (Å²) in [5.74, 6) is 0.768. The normalized spacial score (nSPS) is 10.6. The summed E-state index contributed by atoms with van der Waals surface area (Å²) in [6.45, 7) is -0.0193. The monoisotopic (exact) mass is 378 g/mol. The van der Waals surface area contributed by atoms with E-state index in [1.54, 1.807) is 6.20 Å². The van der Waals surface area contributed by atoms with Gasteiger partial charge in [-0.05, 0) is 40.8 Å². The molecular weight excluding hydrogens is 371 g/mol. The van der Waals surface area contributed by atoms with Gasteiger partial charge in [0.1, 0.15) is 5.82 Å². The number of H-pyrrole nitrogens is 1. The SMILES string of the molecule is OCc1cnc(-c2cc(I)ccc2Br)[nH]1. The van der Waals surface area contributed by atoms with Gasteiger partial charge in [-0.2, -0.15) is 0 Å². The molecule has 5 heteroatoms. The molecule has 0 aliphatic carbocycles. The zero-order valence-electron chi connectivity index (χ0n) is 7.67. The standard InChI is InChI=1S/C10H8BrIN2O/c11-9-2-1-6(12)3-8(9)10-13-4-7(5-15)14-10/h1-4,15H,5H2,(H,13,14). The Bertz CT molecular complexity index is 484. The van der Waals surface area contributed by atoms with Gasteiger partial charge in [0.15, 0.2) is 0 Å². The van der Waals surface area contributed by atoms with Gasteiger partial charge < -0.3 is 10.1 Å². The van der Waals surface area contributed by atoms with E-state index < -0.39 is 0 Å². The lowest BCUT2D eigenvalue weighted by Gasteiger charge is -2.01. The van der Waals surface area contributed by atoms with Gasteiger partial charge in [0.25, 0.3) is 0 Å². The van der Waals surface area contributed by atoms with Crippen molar-refractivity contribution in [3.63, 3.8) is 0 Å². The van der Waals surface area contributed by atoms with Crippen LogP contribution in [-0.2, 0) is 6.61 Å². The number of imidazole rings is 1. The molecule has 0 atom stereocenters. The van der Waals surface area contributed by atoms with Crippen molar-refractivity contribution in [1.29, 1.82) is 0 Å². The van der Waals surface area contributed by atoms with Crippen LogP contribution in [0.25, 0.3) is 11.4 Å². The van der Waals surface area contributed by atoms with Crippen molar-refractivity contribution >= 4 is 38.5 Å². The van der Waals surface area contributed by atoms with Gasteiger partial charge in [-0.1, -0.05) is 15.9 Å². The van der Waals surface area contributed by atoms with E-state index in [4.69, 9.17) is 5.11 Å². The predicted molar refractivity (Wildman–Crippen MR) is 70.4 cm³/mol. The van der Waals surface area contributed by atoms with Crippen molar-refractivity contribution in [2.45, 2.75) is 6.61 Å². The van der Waals surface area contributed by atoms with Crippen LogP contribution in [0.5, 0.6) is 0 Å². The highest BCUT2D eigenvalue weighted by atomic mass is 127. The van der Waals surface area contributed by atoms with Crippen molar-refractivity contribution in [2.24, 2.45) is 0 Å². The fourth-order valence-electron chi connectivity index (χ4n) is 1.26. The lowest BCUT2D eigenvalue weighted by atomic mass is 10.2. The van der Waals surface area contributed by atoms with Gasteiger partial charge in [0, 0.05) is 13.6 Å². The Morgan fingerprint density at radius 3 is 2.93 bits per heavy atom. The number of nitrogens with zero attached hydrogens (tertiary/aromatic N) is 1. The lowest BCUT2D eigenvalue weighted by Crippen LogP contribution is -1.85. The van der Waals surface area contributed by atoms with Crippen LogP contribution in [0.2, 0.25) is 0 Å². The molecule has 0 saturated heterocycles. The van der Waals surface area contributed by atoms with E-state index in [9.17, 15) is 0 Å². The molecule has 2 N–H and O–H groups in total. The molecule has 0 unspecified atom stereocenters. The van der Waals surface area contributed by atoms with Gasteiger partial charge in [0.2, 0.25) is 0 Å². The fourth-order valence-corrected chi connectivity index (χ4v) is 2.18. The van der Waals surface area contributed by atoms with E-state index in [1.807, 2.05) is 18.2 Å². The van der Waals surface area contributed by atoms with Crippen LogP contribution >= 0.6 is 38.5 Å². The first-order valence-corrected chi connectivity index (χ1v) is 6.18. The average molecular weight is 379 g/mol. The van der Waals surface area contributed by atoms with Gasteiger partial charge in [-0.15, -0.1) is 0 Å². The molecule has 0 radical (unpaired) electrons. The average Bonchev–Trinajstić information content (AvgIpc) is 2.70. The zero-order chi connectivity index (χ0) is 10.8. The highest BCUT2D eigenvalue weighted by molar-refractivity contribution is 14.1. The van der Waals surface area contributed by atoms with E-state index in [0.717, 1.165) is 25.1 Å². The topological polar surface area (TPSA) is 48.9 Å². The molecule has 0 spiro atoms. The molecule has 15 heavy (non-hydrogen) atoms. The van der Waals surface area contributed by atoms with Gasteiger partial charge in [0.05, 0.1) is 18.5 Å². The highest BCUT2D eigenvalue weighted by Crippen LogP contribution is 2.27. The first-order valence-electron chi connectivity index (χ1n) is 4.31. The number of benzene rings is 1. The van der Waals surface area contributed by atoms with Crippen molar-refractivity contribution in [3.8, 4) is 11.4 Å². The van der Waals surface area contributed by atoms with Crippen LogP contribution in [-0.4, -0.2) is 15.1 Å². The first kappa shape index (κ1) is 11.1. The Morgan fingerprint density at radius 1 is 1.47 bits per heavy atom. The number of aliphatic hydroxyl groups is 1. The third kappa shape index (κ3) is 2.40. The quantitative estimate of drug-likeness (QED) is 0.789. The number of aromatic amines is 1. The summed E-state index contributed by atoms with van der Waals surface area (Å²) >= 11 is 5.73. The van der Waals surface area contributed by atoms with Crippen LogP contribution in [0.4, 0.5) is 0 Å². The van der Waals surface area contributed by atoms with Gasteiger partial charge >= 0.3 is 0 Å². The molecule has 0 aliphatic rings. The number of nitrogens with one attached hydrogen (secondary N) is 1. The molecule has 0 bridgehead atoms.